The monoisotopic (exact) mass is 188 g/mol. The molecule has 0 fully saturated rings. The van der Waals surface area contributed by atoms with Gasteiger partial charge < -0.3 is 0 Å². The quantitative estimate of drug-likeness (QED) is 0.686. The van der Waals surface area contributed by atoms with Crippen molar-refractivity contribution in [1.82, 2.24) is 9.97 Å². The number of nitrogens with zero attached hydrogens (tertiary/aromatic N) is 2. The maximum Gasteiger partial charge on any atom is 0.0918 e. The van der Waals surface area contributed by atoms with E-state index in [1.54, 1.807) is 12.4 Å². The molecular weight excluding hydrogens is 172 g/mol. The molecule has 0 spiro atoms. The molecule has 1 heterocycles. The van der Waals surface area contributed by atoms with Crippen LogP contribution in [0.1, 0.15) is 26.3 Å². The highest BCUT2D eigenvalue weighted by Crippen LogP contribution is 2.13. The van der Waals surface area contributed by atoms with Crippen LogP contribution in [-0.2, 0) is 6.42 Å². The smallest absolute Gasteiger partial charge is 0.0918 e. The second-order valence-corrected chi connectivity index (χ2v) is 2.69. The minimum Gasteiger partial charge on any atom is -0.253 e. The summed E-state index contributed by atoms with van der Waals surface area (Å²) >= 11 is 0. The van der Waals surface area contributed by atoms with Crippen LogP contribution in [-0.4, -0.2) is 9.97 Å². The predicted octanol–water partition coefficient (Wildman–Crippen LogP) is 3.22. The molecular formula is C12H16N2. The molecule has 1 aromatic carbocycles. The second kappa shape index (κ2) is 5.32. The first kappa shape index (κ1) is 10.6. The van der Waals surface area contributed by atoms with E-state index in [0.717, 1.165) is 17.5 Å². The van der Waals surface area contributed by atoms with Gasteiger partial charge in [-0.2, -0.15) is 0 Å². The Hall–Kier alpha value is -1.44. The van der Waals surface area contributed by atoms with Crippen molar-refractivity contribution in [3.05, 3.63) is 36.2 Å². The molecule has 0 unspecified atom stereocenters. The minimum absolute atomic E-state index is 0.983. The fourth-order valence-electron chi connectivity index (χ4n) is 1.34. The summed E-state index contributed by atoms with van der Waals surface area (Å²) in [5.41, 5.74) is 3.28. The van der Waals surface area contributed by atoms with E-state index in [0.29, 0.717) is 0 Å². The van der Waals surface area contributed by atoms with Crippen molar-refractivity contribution < 1.29 is 0 Å². The Kier molecular flexibility index (Phi) is 4.05. The molecule has 2 rings (SSSR count). The Morgan fingerprint density at radius 1 is 1.07 bits per heavy atom. The van der Waals surface area contributed by atoms with Crippen LogP contribution >= 0.6 is 0 Å². The number of aryl methyl sites for hydroxylation is 1. The molecule has 2 heteroatoms. The molecule has 1 aromatic heterocycles. The SMILES string of the molecule is CC.CCc1cccc2nccnc12. The zero-order valence-electron chi connectivity index (χ0n) is 8.99. The molecule has 0 bridgehead atoms. The first-order chi connectivity index (χ1) is 6.92. The van der Waals surface area contributed by atoms with Crippen molar-refractivity contribution in [3.8, 4) is 0 Å². The van der Waals surface area contributed by atoms with Crippen LogP contribution in [0.5, 0.6) is 0 Å². The molecule has 0 N–H and O–H groups in total. The van der Waals surface area contributed by atoms with Crippen molar-refractivity contribution in [2.24, 2.45) is 0 Å². The molecule has 2 nitrogen and oxygen atoms in total. The van der Waals surface area contributed by atoms with Crippen molar-refractivity contribution in [2.75, 3.05) is 0 Å². The standard InChI is InChI=1S/C10H10N2.C2H6/c1-2-8-4-3-5-9-10(8)12-7-6-11-9;1-2/h3-7H,2H2,1H3;1-2H3. The van der Waals surface area contributed by atoms with Gasteiger partial charge in [0, 0.05) is 12.4 Å². The van der Waals surface area contributed by atoms with Crippen LogP contribution in [0.4, 0.5) is 0 Å². The lowest BCUT2D eigenvalue weighted by Gasteiger charge is -2.00. The van der Waals surface area contributed by atoms with Gasteiger partial charge in [-0.3, -0.25) is 9.97 Å². The zero-order chi connectivity index (χ0) is 10.4. The van der Waals surface area contributed by atoms with Crippen LogP contribution in [0.3, 0.4) is 0 Å². The maximum absolute atomic E-state index is 4.29. The summed E-state index contributed by atoms with van der Waals surface area (Å²) in [6.45, 7) is 6.13. The van der Waals surface area contributed by atoms with Gasteiger partial charge in [0.15, 0.2) is 0 Å². The summed E-state index contributed by atoms with van der Waals surface area (Å²) < 4.78 is 0. The molecule has 74 valence electrons. The van der Waals surface area contributed by atoms with E-state index in [9.17, 15) is 0 Å². The van der Waals surface area contributed by atoms with Crippen LogP contribution in [0.2, 0.25) is 0 Å². The Morgan fingerprint density at radius 2 is 1.79 bits per heavy atom. The molecule has 0 aliphatic rings. The third-order valence-electron chi connectivity index (χ3n) is 1.96. The van der Waals surface area contributed by atoms with Gasteiger partial charge in [-0.25, -0.2) is 0 Å². The van der Waals surface area contributed by atoms with Crippen LogP contribution in [0, 0.1) is 0 Å². The number of para-hydroxylation sites is 1. The van der Waals surface area contributed by atoms with Crippen molar-refractivity contribution >= 4 is 11.0 Å². The Bertz CT molecular complexity index is 391. The normalized spacial score (nSPS) is 9.36. The predicted molar refractivity (Wildman–Crippen MR) is 60.3 cm³/mol. The molecule has 0 radical (unpaired) electrons. The molecule has 0 saturated carbocycles. The van der Waals surface area contributed by atoms with Crippen LogP contribution in [0.25, 0.3) is 11.0 Å². The van der Waals surface area contributed by atoms with Crippen molar-refractivity contribution in [1.29, 1.82) is 0 Å². The lowest BCUT2D eigenvalue weighted by atomic mass is 10.1. The highest BCUT2D eigenvalue weighted by Gasteiger charge is 1.98. The first-order valence-corrected chi connectivity index (χ1v) is 5.10. The molecule has 0 saturated heterocycles. The fourth-order valence-corrected chi connectivity index (χ4v) is 1.34. The Labute approximate surface area is 85.0 Å². The minimum atomic E-state index is 0.983. The van der Waals surface area contributed by atoms with Crippen molar-refractivity contribution in [3.63, 3.8) is 0 Å². The van der Waals surface area contributed by atoms with E-state index in [1.807, 2.05) is 26.0 Å². The highest BCUT2D eigenvalue weighted by molar-refractivity contribution is 5.77. The number of hydrogen-bond acceptors (Lipinski definition) is 2. The van der Waals surface area contributed by atoms with Crippen LogP contribution < -0.4 is 0 Å². The first-order valence-electron chi connectivity index (χ1n) is 5.10. The number of rotatable bonds is 1. The van der Waals surface area contributed by atoms with Gasteiger partial charge in [0.2, 0.25) is 0 Å². The maximum atomic E-state index is 4.29. The molecule has 0 aliphatic heterocycles. The molecule has 0 atom stereocenters. The van der Waals surface area contributed by atoms with E-state index in [2.05, 4.69) is 23.0 Å². The largest absolute Gasteiger partial charge is 0.253 e. The summed E-state index contributed by atoms with van der Waals surface area (Å²) in [5.74, 6) is 0. The average molecular weight is 188 g/mol. The molecule has 0 aliphatic carbocycles. The Morgan fingerprint density at radius 3 is 2.50 bits per heavy atom. The van der Waals surface area contributed by atoms with Gasteiger partial charge in [-0.15, -0.1) is 0 Å². The summed E-state index contributed by atoms with van der Waals surface area (Å²) in [6, 6.07) is 6.11. The lowest BCUT2D eigenvalue weighted by Crippen LogP contribution is -1.87. The molecule has 14 heavy (non-hydrogen) atoms. The van der Waals surface area contributed by atoms with Crippen molar-refractivity contribution in [2.45, 2.75) is 27.2 Å². The summed E-state index contributed by atoms with van der Waals surface area (Å²) in [5, 5.41) is 0. The topological polar surface area (TPSA) is 25.8 Å². The van der Waals surface area contributed by atoms with Gasteiger partial charge in [-0.1, -0.05) is 32.9 Å². The summed E-state index contributed by atoms with van der Waals surface area (Å²) in [6.07, 6.45) is 4.47. The van der Waals surface area contributed by atoms with E-state index in [1.165, 1.54) is 5.56 Å². The fraction of sp³-hybridized carbons (Fsp3) is 0.333. The van der Waals surface area contributed by atoms with Crippen LogP contribution in [0.15, 0.2) is 30.6 Å². The highest BCUT2D eigenvalue weighted by atomic mass is 14.8. The van der Waals surface area contributed by atoms with E-state index in [-0.39, 0.29) is 0 Å². The summed E-state index contributed by atoms with van der Waals surface area (Å²) in [4.78, 5) is 8.52. The second-order valence-electron chi connectivity index (χ2n) is 2.69. The van der Waals surface area contributed by atoms with E-state index >= 15 is 0 Å². The molecule has 0 amide bonds. The van der Waals surface area contributed by atoms with Gasteiger partial charge in [0.1, 0.15) is 0 Å². The third kappa shape index (κ3) is 2.08. The summed E-state index contributed by atoms with van der Waals surface area (Å²) in [7, 11) is 0. The van der Waals surface area contributed by atoms with Gasteiger partial charge >= 0.3 is 0 Å². The number of fused-ring (bicyclic) bond motifs is 1. The number of aromatic nitrogens is 2. The Balaban J connectivity index is 0.000000461. The lowest BCUT2D eigenvalue weighted by molar-refractivity contribution is 1.14. The number of benzene rings is 1. The van der Waals surface area contributed by atoms with E-state index < -0.39 is 0 Å². The number of hydrogen-bond donors (Lipinski definition) is 0. The average Bonchev–Trinajstić information content (AvgIpc) is 2.31. The molecule has 2 aromatic rings. The zero-order valence-corrected chi connectivity index (χ0v) is 8.99. The van der Waals surface area contributed by atoms with E-state index in [4.69, 9.17) is 0 Å². The van der Waals surface area contributed by atoms with Gasteiger partial charge in [-0.05, 0) is 18.1 Å². The third-order valence-corrected chi connectivity index (χ3v) is 1.96. The van der Waals surface area contributed by atoms with Gasteiger partial charge in [0.25, 0.3) is 0 Å². The van der Waals surface area contributed by atoms with Gasteiger partial charge in [0.05, 0.1) is 11.0 Å².